The van der Waals surface area contributed by atoms with E-state index in [1.165, 1.54) is 5.56 Å². The first-order valence-electron chi connectivity index (χ1n) is 16.0. The quantitative estimate of drug-likeness (QED) is 0.230. The number of hydrogen-bond acceptors (Lipinski definition) is 6. The van der Waals surface area contributed by atoms with Gasteiger partial charge in [-0.2, -0.15) is 8.42 Å². The zero-order valence-corrected chi connectivity index (χ0v) is 29.9. The summed E-state index contributed by atoms with van der Waals surface area (Å²) in [5, 5.41) is 0. The summed E-state index contributed by atoms with van der Waals surface area (Å²) in [6, 6.07) is 23.4. The molecule has 2 aliphatic heterocycles. The Labute approximate surface area is 280 Å². The van der Waals surface area contributed by atoms with Crippen molar-refractivity contribution in [2.75, 3.05) is 17.4 Å². The molecular weight excluding hydrogens is 631 g/mol. The molecule has 0 saturated carbocycles. The van der Waals surface area contributed by atoms with E-state index in [1.807, 2.05) is 81.5 Å². The maximum atomic E-state index is 13.7. The Morgan fingerprint density at radius 3 is 2.32 bits per heavy atom. The summed E-state index contributed by atoms with van der Waals surface area (Å²) in [5.41, 5.74) is 3.62. The van der Waals surface area contributed by atoms with Gasteiger partial charge < -0.3 is 9.47 Å². The number of carbonyl (C=O) groups excluding carboxylic acids is 2. The first-order valence-corrected chi connectivity index (χ1v) is 21.1. The van der Waals surface area contributed by atoms with E-state index >= 15 is 0 Å². The van der Waals surface area contributed by atoms with Crippen LogP contribution in [-0.2, 0) is 39.3 Å². The predicted octanol–water partition coefficient (Wildman–Crippen LogP) is 6.87. The first kappa shape index (κ1) is 34.2. The van der Waals surface area contributed by atoms with E-state index in [4.69, 9.17) is 9.47 Å². The van der Waals surface area contributed by atoms with Gasteiger partial charge in [0, 0.05) is 21.2 Å². The van der Waals surface area contributed by atoms with Crippen LogP contribution < -0.4 is 9.04 Å². The maximum Gasteiger partial charge on any atom is 0.411 e. The highest BCUT2D eigenvalue weighted by atomic mass is 32.2. The molecule has 0 radical (unpaired) electrons. The number of carbonyl (C=O) groups is 2. The topological polar surface area (TPSA) is 96.5 Å². The molecule has 5 rings (SSSR count). The van der Waals surface area contributed by atoms with Crippen molar-refractivity contribution < 1.29 is 27.5 Å². The van der Waals surface area contributed by atoms with Crippen LogP contribution in [0.1, 0.15) is 43.0 Å². The minimum absolute atomic E-state index is 0.174. The van der Waals surface area contributed by atoms with Crippen LogP contribution in [0.15, 0.2) is 78.9 Å². The molecule has 0 N–H and O–H groups in total. The van der Waals surface area contributed by atoms with E-state index < -0.39 is 29.8 Å². The summed E-state index contributed by atoms with van der Waals surface area (Å²) in [4.78, 5) is 28.0. The van der Waals surface area contributed by atoms with Crippen molar-refractivity contribution in [1.82, 2.24) is 9.21 Å². The fourth-order valence-corrected chi connectivity index (χ4v) is 8.18. The van der Waals surface area contributed by atoms with Gasteiger partial charge >= 0.3 is 16.3 Å². The number of nitrogens with zero attached hydrogens (tertiary/aromatic N) is 3. The van der Waals surface area contributed by atoms with Crippen molar-refractivity contribution >= 4 is 42.0 Å². The number of ether oxygens (including phenoxy) is 2. The van der Waals surface area contributed by atoms with Gasteiger partial charge in [0.2, 0.25) is 0 Å². The van der Waals surface area contributed by atoms with Gasteiger partial charge in [0.1, 0.15) is 24.5 Å². The van der Waals surface area contributed by atoms with E-state index in [2.05, 4.69) is 25.7 Å². The van der Waals surface area contributed by atoms with Crippen LogP contribution in [0.4, 0.5) is 10.5 Å². The highest BCUT2D eigenvalue weighted by molar-refractivity contribution is 7.91. The third-order valence-corrected chi connectivity index (χ3v) is 11.6. The average Bonchev–Trinajstić information content (AvgIpc) is 3.23. The Morgan fingerprint density at radius 1 is 0.957 bits per heavy atom. The molecule has 1 saturated heterocycles. The van der Waals surface area contributed by atoms with Gasteiger partial charge in [-0.25, -0.2) is 13.4 Å². The predicted molar refractivity (Wildman–Crippen MR) is 188 cm³/mol. The second kappa shape index (κ2) is 13.6. The molecule has 1 fully saturated rings. The zero-order valence-electron chi connectivity index (χ0n) is 28.1. The maximum absolute atomic E-state index is 13.7. The largest absolute Gasteiger partial charge is 0.487 e. The van der Waals surface area contributed by atoms with Gasteiger partial charge in [0.15, 0.2) is 0 Å². The SMILES string of the molecule is CC(C)(C)OC(=O)N1Cc2ccccc2CC1C=Cc1ccc(N2CC(=O)N(CC[Si](C)(C)C)S2(=O)=O)c(OCc2ccccc2)c1. The second-order valence-corrected chi connectivity index (χ2v) is 21.7. The third-order valence-electron chi connectivity index (χ3n) is 8.10. The third kappa shape index (κ3) is 8.44. The summed E-state index contributed by atoms with van der Waals surface area (Å²) < 4.78 is 41.6. The smallest absolute Gasteiger partial charge is 0.411 e. The molecule has 2 amide bonds. The minimum atomic E-state index is -4.08. The molecule has 3 aromatic rings. The Morgan fingerprint density at radius 2 is 1.64 bits per heavy atom. The molecule has 0 bridgehead atoms. The molecule has 0 aromatic heterocycles. The molecule has 47 heavy (non-hydrogen) atoms. The number of anilines is 1. The van der Waals surface area contributed by atoms with Gasteiger partial charge in [-0.1, -0.05) is 92.5 Å². The Kier molecular flexibility index (Phi) is 9.88. The lowest BCUT2D eigenvalue weighted by atomic mass is 9.93. The van der Waals surface area contributed by atoms with Crippen LogP contribution in [0.25, 0.3) is 6.08 Å². The van der Waals surface area contributed by atoms with Gasteiger partial charge in [0.25, 0.3) is 5.91 Å². The average molecular weight is 676 g/mol. The monoisotopic (exact) mass is 675 g/mol. The van der Waals surface area contributed by atoms with Crippen molar-refractivity contribution in [1.29, 1.82) is 0 Å². The van der Waals surface area contributed by atoms with E-state index in [0.29, 0.717) is 30.4 Å². The fraction of sp³-hybridized carbons (Fsp3) is 0.389. The van der Waals surface area contributed by atoms with Crippen molar-refractivity contribution in [2.24, 2.45) is 0 Å². The lowest BCUT2D eigenvalue weighted by Gasteiger charge is -2.36. The van der Waals surface area contributed by atoms with Crippen LogP contribution in [0.3, 0.4) is 0 Å². The molecule has 1 atom stereocenters. The second-order valence-electron chi connectivity index (χ2n) is 14.3. The molecule has 0 spiro atoms. The molecular formula is C36H45N3O6SSi. The van der Waals surface area contributed by atoms with Gasteiger partial charge in [-0.05, 0) is 67.6 Å². The summed E-state index contributed by atoms with van der Waals surface area (Å²) in [6.07, 6.45) is 4.14. The van der Waals surface area contributed by atoms with Gasteiger partial charge in [0.05, 0.1) is 11.7 Å². The van der Waals surface area contributed by atoms with Crippen LogP contribution in [0.2, 0.25) is 25.7 Å². The number of benzene rings is 3. The molecule has 3 aromatic carbocycles. The molecule has 1 unspecified atom stereocenters. The lowest BCUT2D eigenvalue weighted by molar-refractivity contribution is -0.123. The minimum Gasteiger partial charge on any atom is -0.487 e. The van der Waals surface area contributed by atoms with E-state index in [1.54, 1.807) is 23.1 Å². The Balaban J connectivity index is 1.46. The molecule has 2 aliphatic rings. The lowest BCUT2D eigenvalue weighted by Crippen LogP contribution is -2.45. The van der Waals surface area contributed by atoms with Crippen LogP contribution in [0, 0.1) is 0 Å². The van der Waals surface area contributed by atoms with Gasteiger partial charge in [-0.3, -0.25) is 9.69 Å². The highest BCUT2D eigenvalue weighted by Gasteiger charge is 2.44. The summed E-state index contributed by atoms with van der Waals surface area (Å²) in [7, 11) is -5.67. The Hall–Kier alpha value is -4.09. The number of fused-ring (bicyclic) bond motifs is 1. The molecule has 11 heteroatoms. The number of hydrogen-bond donors (Lipinski definition) is 0. The summed E-state index contributed by atoms with van der Waals surface area (Å²) in [6.45, 7) is 12.6. The van der Waals surface area contributed by atoms with Crippen LogP contribution in [0.5, 0.6) is 5.75 Å². The molecule has 0 aliphatic carbocycles. The van der Waals surface area contributed by atoms with E-state index in [9.17, 15) is 18.0 Å². The van der Waals surface area contributed by atoms with Crippen molar-refractivity contribution in [3.8, 4) is 5.75 Å². The summed E-state index contributed by atoms with van der Waals surface area (Å²) >= 11 is 0. The van der Waals surface area contributed by atoms with Crippen LogP contribution in [-0.4, -0.2) is 62.4 Å². The number of rotatable bonds is 9. The molecule has 250 valence electrons. The summed E-state index contributed by atoms with van der Waals surface area (Å²) in [5.74, 6) is -0.0986. The van der Waals surface area contributed by atoms with Crippen molar-refractivity contribution in [2.45, 2.75) is 77.7 Å². The van der Waals surface area contributed by atoms with E-state index in [0.717, 1.165) is 25.3 Å². The highest BCUT2D eigenvalue weighted by Crippen LogP contribution is 2.36. The van der Waals surface area contributed by atoms with Crippen molar-refractivity contribution in [3.05, 3.63) is 101 Å². The normalized spacial score (nSPS) is 18.0. The zero-order chi connectivity index (χ0) is 34.0. The van der Waals surface area contributed by atoms with Crippen molar-refractivity contribution in [3.63, 3.8) is 0 Å². The first-order chi connectivity index (χ1) is 22.1. The number of amides is 2. The van der Waals surface area contributed by atoms with E-state index in [-0.39, 0.29) is 31.8 Å². The van der Waals surface area contributed by atoms with Crippen LogP contribution >= 0.6 is 0 Å². The standard InChI is InChI=1S/C36H45N3O6SSi/c1-36(2,3)45-35(41)37-24-30-15-11-10-14-29(30)23-31(37)18-16-27-17-19-32(33(22-27)44-26-28-12-8-7-9-13-28)39-25-34(40)38(46(39,42)43)20-21-47(4,5)6/h7-19,22,31H,20-21,23-26H2,1-6H3. The Bertz CT molecular complexity index is 1750. The molecule has 9 nitrogen and oxygen atoms in total. The van der Waals surface area contributed by atoms with Gasteiger partial charge in [-0.15, -0.1) is 0 Å². The molecule has 2 heterocycles. The fourth-order valence-electron chi connectivity index (χ4n) is 5.57.